The Morgan fingerprint density at radius 1 is 1.20 bits per heavy atom. The van der Waals surface area contributed by atoms with Gasteiger partial charge in [0.15, 0.2) is 0 Å². The molecular formula is C14H11ClF2N2O. The Hall–Kier alpha value is -2.14. The lowest BCUT2D eigenvalue weighted by molar-refractivity contribution is -0.115. The highest BCUT2D eigenvalue weighted by Gasteiger charge is 2.13. The molecule has 3 N–H and O–H groups in total. The highest BCUT2D eigenvalue weighted by molar-refractivity contribution is 6.33. The van der Waals surface area contributed by atoms with E-state index in [2.05, 4.69) is 5.32 Å². The summed E-state index contributed by atoms with van der Waals surface area (Å²) in [7, 11) is 0. The highest BCUT2D eigenvalue weighted by atomic mass is 35.5. The molecule has 0 radical (unpaired) electrons. The van der Waals surface area contributed by atoms with Crippen molar-refractivity contribution in [2.24, 2.45) is 0 Å². The summed E-state index contributed by atoms with van der Waals surface area (Å²) in [5.74, 6) is -2.05. The van der Waals surface area contributed by atoms with E-state index in [0.717, 1.165) is 12.1 Å². The molecule has 0 heterocycles. The van der Waals surface area contributed by atoms with Crippen molar-refractivity contribution in [1.82, 2.24) is 0 Å². The molecule has 0 spiro atoms. The molecule has 0 atom stereocenters. The van der Waals surface area contributed by atoms with Crippen molar-refractivity contribution in [3.05, 3.63) is 58.6 Å². The molecule has 6 heteroatoms. The van der Waals surface area contributed by atoms with E-state index in [-0.39, 0.29) is 5.56 Å². The maximum absolute atomic E-state index is 13.4. The molecule has 2 rings (SSSR count). The van der Waals surface area contributed by atoms with Crippen LogP contribution in [0.15, 0.2) is 36.4 Å². The minimum absolute atomic E-state index is 0.271. The van der Waals surface area contributed by atoms with Crippen LogP contribution in [0.25, 0.3) is 0 Å². The van der Waals surface area contributed by atoms with Gasteiger partial charge in [-0.25, -0.2) is 8.78 Å². The van der Waals surface area contributed by atoms with Crippen LogP contribution >= 0.6 is 11.6 Å². The molecule has 2 aromatic carbocycles. The highest BCUT2D eigenvalue weighted by Crippen LogP contribution is 2.22. The monoisotopic (exact) mass is 296 g/mol. The maximum atomic E-state index is 13.4. The molecule has 0 saturated heterocycles. The summed E-state index contributed by atoms with van der Waals surface area (Å²) in [6, 6.07) is 7.99. The van der Waals surface area contributed by atoms with E-state index >= 15 is 0 Å². The number of hydrogen-bond acceptors (Lipinski definition) is 2. The van der Waals surface area contributed by atoms with Gasteiger partial charge in [-0.05, 0) is 30.3 Å². The van der Waals surface area contributed by atoms with Gasteiger partial charge in [0.1, 0.15) is 11.6 Å². The number of carbonyl (C=O) groups excluding carboxylic acids is 1. The number of nitrogen functional groups attached to an aromatic ring is 1. The van der Waals surface area contributed by atoms with Gasteiger partial charge in [0.2, 0.25) is 5.91 Å². The van der Waals surface area contributed by atoms with E-state index in [1.165, 1.54) is 18.2 Å². The Morgan fingerprint density at radius 2 is 1.85 bits per heavy atom. The molecular weight excluding hydrogens is 286 g/mol. The van der Waals surface area contributed by atoms with E-state index in [4.69, 9.17) is 17.3 Å². The van der Waals surface area contributed by atoms with Crippen LogP contribution < -0.4 is 11.1 Å². The zero-order valence-electron chi connectivity index (χ0n) is 10.3. The van der Waals surface area contributed by atoms with Gasteiger partial charge in [0, 0.05) is 11.3 Å². The van der Waals surface area contributed by atoms with Crippen molar-refractivity contribution in [1.29, 1.82) is 0 Å². The summed E-state index contributed by atoms with van der Waals surface area (Å²) in [4.78, 5) is 11.8. The Labute approximate surface area is 119 Å². The van der Waals surface area contributed by atoms with E-state index in [9.17, 15) is 13.6 Å². The van der Waals surface area contributed by atoms with E-state index < -0.39 is 24.0 Å². The summed E-state index contributed by atoms with van der Waals surface area (Å²) in [5, 5.41) is 2.87. The van der Waals surface area contributed by atoms with E-state index in [0.29, 0.717) is 16.4 Å². The van der Waals surface area contributed by atoms with Crippen LogP contribution in [0.3, 0.4) is 0 Å². The van der Waals surface area contributed by atoms with Gasteiger partial charge in [-0.15, -0.1) is 0 Å². The molecule has 0 saturated carbocycles. The van der Waals surface area contributed by atoms with Crippen LogP contribution in [0.2, 0.25) is 5.02 Å². The van der Waals surface area contributed by atoms with Crippen molar-refractivity contribution in [2.75, 3.05) is 11.1 Å². The number of hydrogen-bond donors (Lipinski definition) is 2. The Morgan fingerprint density at radius 3 is 2.45 bits per heavy atom. The lowest BCUT2D eigenvalue weighted by atomic mass is 10.1. The van der Waals surface area contributed by atoms with Crippen LogP contribution in [0.5, 0.6) is 0 Å². The van der Waals surface area contributed by atoms with Gasteiger partial charge in [0.05, 0.1) is 17.1 Å². The summed E-state index contributed by atoms with van der Waals surface area (Å²) in [5.41, 5.74) is 6.04. The van der Waals surface area contributed by atoms with Gasteiger partial charge < -0.3 is 11.1 Å². The van der Waals surface area contributed by atoms with Crippen LogP contribution in [0.4, 0.5) is 20.2 Å². The molecule has 3 nitrogen and oxygen atoms in total. The van der Waals surface area contributed by atoms with Crippen LogP contribution in [-0.2, 0) is 11.2 Å². The van der Waals surface area contributed by atoms with Crippen LogP contribution in [-0.4, -0.2) is 5.91 Å². The van der Waals surface area contributed by atoms with Crippen LogP contribution in [0.1, 0.15) is 5.56 Å². The fraction of sp³-hybridized carbons (Fsp3) is 0.0714. The number of benzene rings is 2. The topological polar surface area (TPSA) is 55.1 Å². The second-order valence-corrected chi connectivity index (χ2v) is 4.57. The van der Waals surface area contributed by atoms with Crippen molar-refractivity contribution in [2.45, 2.75) is 6.42 Å². The number of rotatable bonds is 3. The van der Waals surface area contributed by atoms with Gasteiger partial charge >= 0.3 is 0 Å². The molecule has 2 aromatic rings. The normalized spacial score (nSPS) is 10.3. The van der Waals surface area contributed by atoms with Gasteiger partial charge in [-0.1, -0.05) is 17.7 Å². The number of carbonyl (C=O) groups is 1. The average molecular weight is 297 g/mol. The molecule has 0 unspecified atom stereocenters. The molecule has 0 fully saturated rings. The summed E-state index contributed by atoms with van der Waals surface area (Å²) in [6.07, 6.45) is -0.402. The molecule has 0 aliphatic heterocycles. The Kier molecular flexibility index (Phi) is 4.20. The van der Waals surface area contributed by atoms with Crippen LogP contribution in [0, 0.1) is 11.6 Å². The first-order valence-corrected chi connectivity index (χ1v) is 6.13. The molecule has 0 aromatic heterocycles. The SMILES string of the molecule is Nc1cc(NC(=O)Cc2c(F)cccc2F)ccc1Cl. The first kappa shape index (κ1) is 14.3. The Bertz CT molecular complexity index is 641. The number of halogens is 3. The quantitative estimate of drug-likeness (QED) is 0.853. The maximum Gasteiger partial charge on any atom is 0.229 e. The minimum atomic E-state index is -0.754. The molecule has 1 amide bonds. The van der Waals surface area contributed by atoms with Crippen molar-refractivity contribution < 1.29 is 13.6 Å². The van der Waals surface area contributed by atoms with Gasteiger partial charge in [0.25, 0.3) is 0 Å². The van der Waals surface area contributed by atoms with Crippen molar-refractivity contribution in [3.63, 3.8) is 0 Å². The van der Waals surface area contributed by atoms with Gasteiger partial charge in [-0.2, -0.15) is 0 Å². The smallest absolute Gasteiger partial charge is 0.229 e. The molecule has 0 aliphatic carbocycles. The molecule has 20 heavy (non-hydrogen) atoms. The van der Waals surface area contributed by atoms with Crippen molar-refractivity contribution >= 4 is 28.9 Å². The summed E-state index contributed by atoms with van der Waals surface area (Å²) >= 11 is 5.75. The standard InChI is InChI=1S/C14H11ClF2N2O/c15-10-5-4-8(6-13(10)18)19-14(20)7-9-11(16)2-1-3-12(9)17/h1-6H,7,18H2,(H,19,20). The molecule has 0 aliphatic rings. The van der Waals surface area contributed by atoms with E-state index in [1.54, 1.807) is 6.07 Å². The first-order chi connectivity index (χ1) is 9.47. The minimum Gasteiger partial charge on any atom is -0.397 e. The third-order valence-electron chi connectivity index (χ3n) is 2.68. The van der Waals surface area contributed by atoms with Crippen molar-refractivity contribution in [3.8, 4) is 0 Å². The fourth-order valence-electron chi connectivity index (χ4n) is 1.69. The number of nitrogens with one attached hydrogen (secondary N) is 1. The number of anilines is 2. The largest absolute Gasteiger partial charge is 0.397 e. The van der Waals surface area contributed by atoms with E-state index in [1.807, 2.05) is 0 Å². The second kappa shape index (κ2) is 5.88. The average Bonchev–Trinajstić information content (AvgIpc) is 2.38. The molecule has 104 valence electrons. The third kappa shape index (κ3) is 3.24. The predicted octanol–water partition coefficient (Wildman–Crippen LogP) is 3.38. The first-order valence-electron chi connectivity index (χ1n) is 5.75. The third-order valence-corrected chi connectivity index (χ3v) is 3.02. The Balaban J connectivity index is 2.11. The zero-order valence-corrected chi connectivity index (χ0v) is 11.0. The second-order valence-electron chi connectivity index (χ2n) is 4.16. The summed E-state index contributed by atoms with van der Waals surface area (Å²) in [6.45, 7) is 0. The fourth-order valence-corrected chi connectivity index (χ4v) is 1.81. The zero-order chi connectivity index (χ0) is 14.7. The lowest BCUT2D eigenvalue weighted by Crippen LogP contribution is -2.16. The predicted molar refractivity (Wildman–Crippen MR) is 74.6 cm³/mol. The lowest BCUT2D eigenvalue weighted by Gasteiger charge is -2.08. The molecule has 0 bridgehead atoms. The number of nitrogens with two attached hydrogens (primary N) is 1. The summed E-state index contributed by atoms with van der Waals surface area (Å²) < 4.78 is 26.8. The number of amides is 1. The van der Waals surface area contributed by atoms with Gasteiger partial charge in [-0.3, -0.25) is 4.79 Å².